The van der Waals surface area contributed by atoms with Crippen molar-refractivity contribution in [2.45, 2.75) is 13.8 Å². The van der Waals surface area contributed by atoms with Gasteiger partial charge >= 0.3 is 0 Å². The molecule has 0 aliphatic rings. The van der Waals surface area contributed by atoms with Crippen LogP contribution in [0.4, 0.5) is 5.13 Å². The Kier molecular flexibility index (Phi) is 3.81. The van der Waals surface area contributed by atoms with Gasteiger partial charge in [-0.25, -0.2) is 4.98 Å². The smallest absolute Gasteiger partial charge is 0.257 e. The van der Waals surface area contributed by atoms with Gasteiger partial charge in [-0.05, 0) is 43.7 Å². The van der Waals surface area contributed by atoms with Crippen LogP contribution in [0.1, 0.15) is 21.5 Å². The number of hydrogen-bond acceptors (Lipinski definition) is 4. The van der Waals surface area contributed by atoms with E-state index in [2.05, 4.69) is 10.3 Å². The zero-order valence-corrected chi connectivity index (χ0v) is 13.5. The van der Waals surface area contributed by atoms with Crippen molar-refractivity contribution in [3.05, 3.63) is 53.1 Å². The topological polar surface area (TPSA) is 51.2 Å². The summed E-state index contributed by atoms with van der Waals surface area (Å²) in [7, 11) is 1.63. The molecule has 1 heterocycles. The summed E-state index contributed by atoms with van der Waals surface area (Å²) in [5.41, 5.74) is 3.62. The van der Waals surface area contributed by atoms with Crippen molar-refractivity contribution in [3.63, 3.8) is 0 Å². The van der Waals surface area contributed by atoms with Gasteiger partial charge in [0.2, 0.25) is 0 Å². The van der Waals surface area contributed by atoms with E-state index in [1.54, 1.807) is 7.11 Å². The Balaban J connectivity index is 1.87. The molecule has 0 unspecified atom stereocenters. The Labute approximate surface area is 132 Å². The molecule has 1 aromatic heterocycles. The number of amides is 1. The fraction of sp³-hybridized carbons (Fsp3) is 0.176. The molecule has 0 saturated heterocycles. The number of fused-ring (bicyclic) bond motifs is 1. The lowest BCUT2D eigenvalue weighted by Crippen LogP contribution is -2.13. The number of thiazole rings is 1. The molecular formula is C17H16N2O2S. The molecule has 1 amide bonds. The third-order valence-electron chi connectivity index (χ3n) is 3.44. The Morgan fingerprint density at radius 2 is 2.00 bits per heavy atom. The van der Waals surface area contributed by atoms with Gasteiger partial charge in [-0.3, -0.25) is 10.1 Å². The Morgan fingerprint density at radius 3 is 2.73 bits per heavy atom. The van der Waals surface area contributed by atoms with Crippen LogP contribution in [0.15, 0.2) is 36.4 Å². The van der Waals surface area contributed by atoms with E-state index < -0.39 is 0 Å². The maximum absolute atomic E-state index is 12.4. The molecule has 112 valence electrons. The predicted octanol–water partition coefficient (Wildman–Crippen LogP) is 4.17. The van der Waals surface area contributed by atoms with Crippen molar-refractivity contribution in [3.8, 4) is 5.75 Å². The van der Waals surface area contributed by atoms with Gasteiger partial charge in [-0.15, -0.1) is 0 Å². The van der Waals surface area contributed by atoms with E-state index in [0.717, 1.165) is 27.1 Å². The Bertz CT molecular complexity index is 855. The number of ether oxygens (including phenoxy) is 1. The van der Waals surface area contributed by atoms with Crippen LogP contribution in [0.2, 0.25) is 0 Å². The first-order chi connectivity index (χ1) is 10.6. The lowest BCUT2D eigenvalue weighted by molar-refractivity contribution is 0.102. The van der Waals surface area contributed by atoms with Crippen molar-refractivity contribution >= 4 is 32.6 Å². The van der Waals surface area contributed by atoms with Crippen LogP contribution in [0.25, 0.3) is 10.2 Å². The van der Waals surface area contributed by atoms with E-state index in [1.807, 2.05) is 50.2 Å². The summed E-state index contributed by atoms with van der Waals surface area (Å²) < 4.78 is 6.18. The molecule has 0 spiro atoms. The first kappa shape index (κ1) is 14.5. The number of carbonyl (C=O) groups is 1. The van der Waals surface area contributed by atoms with Crippen LogP contribution in [0.5, 0.6) is 5.75 Å². The average molecular weight is 312 g/mol. The number of aryl methyl sites for hydroxylation is 2. The second-order valence-corrected chi connectivity index (χ2v) is 6.16. The first-order valence-electron chi connectivity index (χ1n) is 6.90. The third kappa shape index (κ3) is 2.80. The van der Waals surface area contributed by atoms with Crippen molar-refractivity contribution in [2.24, 2.45) is 0 Å². The number of carbonyl (C=O) groups excluding carboxylic acids is 1. The molecule has 1 N–H and O–H groups in total. The number of benzene rings is 2. The molecule has 2 aromatic carbocycles. The number of nitrogens with zero attached hydrogens (tertiary/aromatic N) is 1. The number of aromatic nitrogens is 1. The molecule has 0 aliphatic heterocycles. The van der Waals surface area contributed by atoms with Gasteiger partial charge in [0, 0.05) is 5.56 Å². The molecule has 0 fully saturated rings. The minimum absolute atomic E-state index is 0.136. The van der Waals surface area contributed by atoms with Gasteiger partial charge in [-0.1, -0.05) is 29.0 Å². The molecular weight excluding hydrogens is 296 g/mol. The molecule has 5 heteroatoms. The number of hydrogen-bond donors (Lipinski definition) is 1. The van der Waals surface area contributed by atoms with Crippen LogP contribution in [0, 0.1) is 13.8 Å². The van der Waals surface area contributed by atoms with Gasteiger partial charge in [0.1, 0.15) is 5.75 Å². The highest BCUT2D eigenvalue weighted by Gasteiger charge is 2.12. The van der Waals surface area contributed by atoms with Crippen molar-refractivity contribution in [1.82, 2.24) is 4.98 Å². The van der Waals surface area contributed by atoms with E-state index in [1.165, 1.54) is 11.3 Å². The van der Waals surface area contributed by atoms with Crippen LogP contribution in [-0.4, -0.2) is 18.0 Å². The van der Waals surface area contributed by atoms with Gasteiger partial charge in [0.25, 0.3) is 5.91 Å². The standard InChI is InChI=1S/C17H16N2O2S/c1-10-4-6-13(11(2)8-10)16(20)19-17-18-14-7-5-12(21-3)9-15(14)22-17/h4-9H,1-3H3,(H,18,19,20). The fourth-order valence-corrected chi connectivity index (χ4v) is 3.21. The second-order valence-electron chi connectivity index (χ2n) is 5.13. The van der Waals surface area contributed by atoms with Crippen LogP contribution in [0.3, 0.4) is 0 Å². The van der Waals surface area contributed by atoms with Crippen molar-refractivity contribution in [1.29, 1.82) is 0 Å². The van der Waals surface area contributed by atoms with Crippen molar-refractivity contribution < 1.29 is 9.53 Å². The third-order valence-corrected chi connectivity index (χ3v) is 4.38. The van der Waals surface area contributed by atoms with Gasteiger partial charge < -0.3 is 4.74 Å². The largest absolute Gasteiger partial charge is 0.497 e. The summed E-state index contributed by atoms with van der Waals surface area (Å²) in [6, 6.07) is 11.4. The normalized spacial score (nSPS) is 10.7. The number of methoxy groups -OCH3 is 1. The maximum atomic E-state index is 12.4. The molecule has 0 aliphatic carbocycles. The molecule has 0 saturated carbocycles. The van der Waals surface area contributed by atoms with Gasteiger partial charge in [0.05, 0.1) is 17.3 Å². The summed E-state index contributed by atoms with van der Waals surface area (Å²) >= 11 is 1.44. The average Bonchev–Trinajstić information content (AvgIpc) is 2.87. The van der Waals surface area contributed by atoms with E-state index >= 15 is 0 Å². The summed E-state index contributed by atoms with van der Waals surface area (Å²) in [6.07, 6.45) is 0. The molecule has 22 heavy (non-hydrogen) atoms. The number of rotatable bonds is 3. The highest BCUT2D eigenvalue weighted by Crippen LogP contribution is 2.29. The zero-order valence-electron chi connectivity index (χ0n) is 12.6. The van der Waals surface area contributed by atoms with Crippen LogP contribution < -0.4 is 10.1 Å². The van der Waals surface area contributed by atoms with Gasteiger partial charge in [-0.2, -0.15) is 0 Å². The van der Waals surface area contributed by atoms with E-state index in [-0.39, 0.29) is 5.91 Å². The summed E-state index contributed by atoms with van der Waals surface area (Å²) in [5, 5.41) is 3.46. The van der Waals surface area contributed by atoms with E-state index in [4.69, 9.17) is 4.74 Å². The molecule has 4 nitrogen and oxygen atoms in total. The SMILES string of the molecule is COc1ccc2nc(NC(=O)c3ccc(C)cc3C)sc2c1. The maximum Gasteiger partial charge on any atom is 0.257 e. The summed E-state index contributed by atoms with van der Waals surface area (Å²) in [6.45, 7) is 3.95. The zero-order chi connectivity index (χ0) is 15.7. The lowest BCUT2D eigenvalue weighted by atomic mass is 10.1. The second kappa shape index (κ2) is 5.77. The highest BCUT2D eigenvalue weighted by atomic mass is 32.1. The number of nitrogens with one attached hydrogen (secondary N) is 1. The lowest BCUT2D eigenvalue weighted by Gasteiger charge is -2.06. The van der Waals surface area contributed by atoms with Crippen LogP contribution in [-0.2, 0) is 0 Å². The molecule has 3 rings (SSSR count). The Hall–Kier alpha value is -2.40. The van der Waals surface area contributed by atoms with Crippen LogP contribution >= 0.6 is 11.3 Å². The predicted molar refractivity (Wildman–Crippen MR) is 90.0 cm³/mol. The molecule has 0 radical (unpaired) electrons. The Morgan fingerprint density at radius 1 is 1.18 bits per heavy atom. The van der Waals surface area contributed by atoms with E-state index in [0.29, 0.717) is 10.7 Å². The summed E-state index contributed by atoms with van der Waals surface area (Å²) in [5.74, 6) is 0.645. The highest BCUT2D eigenvalue weighted by molar-refractivity contribution is 7.22. The fourth-order valence-electron chi connectivity index (χ4n) is 2.32. The molecule has 3 aromatic rings. The van der Waals surface area contributed by atoms with E-state index in [9.17, 15) is 4.79 Å². The molecule has 0 bridgehead atoms. The molecule has 0 atom stereocenters. The number of anilines is 1. The quantitative estimate of drug-likeness (QED) is 0.789. The summed E-state index contributed by atoms with van der Waals surface area (Å²) in [4.78, 5) is 16.8. The van der Waals surface area contributed by atoms with Gasteiger partial charge in [0.15, 0.2) is 5.13 Å². The minimum Gasteiger partial charge on any atom is -0.497 e. The minimum atomic E-state index is -0.136. The monoisotopic (exact) mass is 312 g/mol. The van der Waals surface area contributed by atoms with Crippen molar-refractivity contribution in [2.75, 3.05) is 12.4 Å². The first-order valence-corrected chi connectivity index (χ1v) is 7.71.